The second kappa shape index (κ2) is 21.5. The molecule has 0 radical (unpaired) electrons. The zero-order valence-electron chi connectivity index (χ0n) is 35.6. The van der Waals surface area contributed by atoms with E-state index in [0.29, 0.717) is 37.9 Å². The highest BCUT2D eigenvalue weighted by molar-refractivity contribution is 8.14. The van der Waals surface area contributed by atoms with Crippen LogP contribution in [0.5, 0.6) is 0 Å². The van der Waals surface area contributed by atoms with Crippen molar-refractivity contribution in [3.8, 4) is 0 Å². The number of carbonyl (C=O) groups excluding carboxylic acids is 2. The van der Waals surface area contributed by atoms with Crippen molar-refractivity contribution in [3.05, 3.63) is 0 Å². The van der Waals surface area contributed by atoms with Crippen LogP contribution in [-0.4, -0.2) is 112 Å². The highest BCUT2D eigenvalue weighted by Crippen LogP contribution is 2.48. The number of rotatable bonds is 20. The minimum atomic E-state index is -3.55. The molecule has 1 saturated heterocycles. The minimum Gasteiger partial charge on any atom is -0.416 e. The molecule has 0 N–H and O–H groups in total. The monoisotopic (exact) mass is 872 g/mol. The fraction of sp³-hybridized carbons (Fsp3) is 0.939. The fourth-order valence-electron chi connectivity index (χ4n) is 3.41. The van der Waals surface area contributed by atoms with Crippen LogP contribution >= 0.6 is 39.2 Å². The first-order chi connectivity index (χ1) is 23.8. The lowest BCUT2D eigenvalue weighted by atomic mass is 9.93. The van der Waals surface area contributed by atoms with Crippen LogP contribution in [0.2, 0.25) is 36.3 Å². The summed E-state index contributed by atoms with van der Waals surface area (Å²) in [7, 11) is -6.13. The molecule has 0 aromatic carbocycles. The number of phosphoric ester groups is 2. The maximum Gasteiger partial charge on any atom is 0.474 e. The zero-order valence-corrected chi connectivity index (χ0v) is 41.0. The van der Waals surface area contributed by atoms with Gasteiger partial charge in [0.2, 0.25) is 0 Å². The molecule has 0 saturated carbocycles. The largest absolute Gasteiger partial charge is 0.474 e. The van der Waals surface area contributed by atoms with Gasteiger partial charge < -0.3 is 18.3 Å². The van der Waals surface area contributed by atoms with E-state index in [1.54, 1.807) is 6.92 Å². The number of ether oxygens (including phenoxy) is 2. The number of carbonyl (C=O) groups is 2. The predicted octanol–water partition coefficient (Wildman–Crippen LogP) is 9.17. The van der Waals surface area contributed by atoms with Crippen molar-refractivity contribution < 1.29 is 64.2 Å². The van der Waals surface area contributed by atoms with Gasteiger partial charge in [-0.3, -0.25) is 36.7 Å². The van der Waals surface area contributed by atoms with Gasteiger partial charge in [0.05, 0.1) is 37.3 Å². The van der Waals surface area contributed by atoms with E-state index in [2.05, 4.69) is 76.8 Å². The average Bonchev–Trinajstić information content (AvgIpc) is 3.07. The summed E-state index contributed by atoms with van der Waals surface area (Å²) >= 11 is 2.22. The first kappa shape index (κ1) is 53.5. The summed E-state index contributed by atoms with van der Waals surface area (Å²) in [6.45, 7) is 30.5. The van der Waals surface area contributed by atoms with Crippen LogP contribution in [0.4, 0.5) is 0 Å². The van der Waals surface area contributed by atoms with E-state index in [0.717, 1.165) is 23.5 Å². The molecule has 1 fully saturated rings. The molecule has 1 aliphatic heterocycles. The fourth-order valence-corrected chi connectivity index (χ4v) is 8.87. The molecule has 0 spiro atoms. The van der Waals surface area contributed by atoms with Gasteiger partial charge in [0.1, 0.15) is 0 Å². The van der Waals surface area contributed by atoms with Crippen LogP contribution in [-0.2, 0) is 64.2 Å². The van der Waals surface area contributed by atoms with E-state index >= 15 is 0 Å². The molecular formula is C33H70O14P2S2Si2. The molecule has 0 unspecified atom stereocenters. The van der Waals surface area contributed by atoms with Crippen molar-refractivity contribution in [3.63, 3.8) is 0 Å². The Morgan fingerprint density at radius 2 is 1.00 bits per heavy atom. The van der Waals surface area contributed by atoms with Gasteiger partial charge in [-0.05, 0) is 64.0 Å². The molecule has 0 aliphatic carbocycles. The summed E-state index contributed by atoms with van der Waals surface area (Å²) in [5.74, 6) is 0.0109. The van der Waals surface area contributed by atoms with Gasteiger partial charge in [0, 0.05) is 53.2 Å². The van der Waals surface area contributed by atoms with E-state index < -0.39 is 48.9 Å². The van der Waals surface area contributed by atoms with E-state index in [1.165, 1.54) is 28.4 Å². The Bertz CT molecular complexity index is 1200. The highest BCUT2D eigenvalue weighted by Gasteiger charge is 2.45. The molecule has 0 atom stereocenters. The molecule has 20 heteroatoms. The standard InChI is InChI=1S/C21H47O7PSSi2.C12H23O7PS/c1-19(2,3)31(10,11)27-16-21(7,17-28-32(12,13)20(4,5)6)18(22)30-15-14-26-29(23,24-8)25-9;1-11(2)17-8-12(3,9-18-11)10(13)21-7-6-19-20(14,15-4)16-5/h14-17H2,1-13H3;6-9H2,1-5H3. The van der Waals surface area contributed by atoms with Gasteiger partial charge in [-0.2, -0.15) is 0 Å². The molecule has 53 heavy (non-hydrogen) atoms. The molecule has 0 bridgehead atoms. The summed E-state index contributed by atoms with van der Waals surface area (Å²) in [5, 5.41) is 0.00814. The van der Waals surface area contributed by atoms with E-state index in [9.17, 15) is 18.7 Å². The summed E-state index contributed by atoms with van der Waals surface area (Å²) in [5.41, 5.74) is -1.49. The molecule has 1 heterocycles. The van der Waals surface area contributed by atoms with Crippen LogP contribution < -0.4 is 0 Å². The number of thioether (sulfide) groups is 2. The molecular weight excluding hydrogens is 803 g/mol. The van der Waals surface area contributed by atoms with Gasteiger partial charge >= 0.3 is 15.6 Å². The summed E-state index contributed by atoms with van der Waals surface area (Å²) in [4.78, 5) is 25.5. The van der Waals surface area contributed by atoms with Gasteiger partial charge in [0.15, 0.2) is 32.7 Å². The van der Waals surface area contributed by atoms with Crippen molar-refractivity contribution in [1.82, 2.24) is 0 Å². The van der Waals surface area contributed by atoms with Crippen molar-refractivity contribution in [2.75, 3.05) is 79.6 Å². The Balaban J connectivity index is 0.00000111. The van der Waals surface area contributed by atoms with Crippen LogP contribution in [0.15, 0.2) is 0 Å². The molecule has 0 aromatic rings. The number of hydrogen-bond acceptors (Lipinski definition) is 16. The lowest BCUT2D eigenvalue weighted by Crippen LogP contribution is -2.49. The Hall–Kier alpha value is 0.534. The molecule has 1 aliphatic rings. The third kappa shape index (κ3) is 17.9. The van der Waals surface area contributed by atoms with Gasteiger partial charge in [-0.25, -0.2) is 9.13 Å². The zero-order chi connectivity index (χ0) is 41.8. The van der Waals surface area contributed by atoms with E-state index in [4.69, 9.17) is 36.4 Å². The normalized spacial score (nSPS) is 17.2. The SMILES string of the molecule is COP(=O)(OC)OCCSC(=O)C(C)(CO[Si](C)(C)C(C)(C)C)CO[Si](C)(C)C(C)(C)C.COP(=O)(OC)OCCSC(=O)C1(C)COC(C)(C)OC1. The molecule has 316 valence electrons. The Kier molecular flexibility index (Phi) is 21.7. The summed E-state index contributed by atoms with van der Waals surface area (Å²) in [6.07, 6.45) is 0. The topological polar surface area (TPSA) is 161 Å². The van der Waals surface area contributed by atoms with Crippen molar-refractivity contribution in [1.29, 1.82) is 0 Å². The lowest BCUT2D eigenvalue weighted by Gasteiger charge is -2.42. The van der Waals surface area contributed by atoms with Crippen molar-refractivity contribution >= 4 is 66.0 Å². The third-order valence-electron chi connectivity index (χ3n) is 9.60. The van der Waals surface area contributed by atoms with E-state index in [1.807, 2.05) is 20.8 Å². The predicted molar refractivity (Wildman–Crippen MR) is 219 cm³/mol. The Morgan fingerprint density at radius 3 is 1.32 bits per heavy atom. The van der Waals surface area contributed by atoms with E-state index in [-0.39, 0.29) is 33.5 Å². The van der Waals surface area contributed by atoms with Crippen LogP contribution in [0.25, 0.3) is 0 Å². The molecule has 0 aromatic heterocycles. The van der Waals surface area contributed by atoms with Crippen molar-refractivity contribution in [2.24, 2.45) is 10.8 Å². The first-order valence-corrected chi connectivity index (χ1v) is 28.2. The molecule has 1 rings (SSSR count). The lowest BCUT2D eigenvalue weighted by molar-refractivity contribution is -0.275. The Morgan fingerprint density at radius 1 is 0.660 bits per heavy atom. The third-order valence-corrected chi connectivity index (χ3v) is 23.6. The second-order valence-electron chi connectivity index (χ2n) is 16.8. The smallest absolute Gasteiger partial charge is 0.416 e. The van der Waals surface area contributed by atoms with Gasteiger partial charge in [-0.1, -0.05) is 65.1 Å². The Labute approximate surface area is 330 Å². The highest BCUT2D eigenvalue weighted by atomic mass is 32.2. The number of phosphoric acid groups is 2. The number of hydrogen-bond donors (Lipinski definition) is 0. The maximum absolute atomic E-state index is 13.3. The van der Waals surface area contributed by atoms with Crippen LogP contribution in [0, 0.1) is 10.8 Å². The minimum absolute atomic E-state index is 0.0248. The van der Waals surface area contributed by atoms with Crippen LogP contribution in [0.3, 0.4) is 0 Å². The molecule has 14 nitrogen and oxygen atoms in total. The first-order valence-electron chi connectivity index (χ1n) is 17.5. The summed E-state index contributed by atoms with van der Waals surface area (Å²) < 4.78 is 76.6. The average molecular weight is 873 g/mol. The molecule has 0 amide bonds. The maximum atomic E-state index is 13.3. The van der Waals surface area contributed by atoms with Crippen LogP contribution in [0.1, 0.15) is 69.2 Å². The summed E-state index contributed by atoms with van der Waals surface area (Å²) in [6, 6.07) is 0. The second-order valence-corrected chi connectivity index (χ2v) is 32.3. The van der Waals surface area contributed by atoms with Gasteiger partial charge in [-0.15, -0.1) is 0 Å². The van der Waals surface area contributed by atoms with Crippen molar-refractivity contribution in [2.45, 2.75) is 111 Å². The quantitative estimate of drug-likeness (QED) is 0.0646. The van der Waals surface area contributed by atoms with Gasteiger partial charge in [0.25, 0.3) is 0 Å².